The first kappa shape index (κ1) is 14.0. The molecule has 2 unspecified atom stereocenters. The van der Waals surface area contributed by atoms with Crippen LogP contribution in [0.2, 0.25) is 0 Å². The van der Waals surface area contributed by atoms with E-state index in [4.69, 9.17) is 0 Å². The lowest BCUT2D eigenvalue weighted by molar-refractivity contribution is -0.134. The fraction of sp³-hybridized carbons (Fsp3) is 0.615. The molecule has 1 aromatic rings. The average Bonchev–Trinajstić information content (AvgIpc) is 2.61. The molecular formula is C13H19N3O2S. The highest BCUT2D eigenvalue weighted by atomic mass is 32.1. The van der Waals surface area contributed by atoms with Gasteiger partial charge in [0.05, 0.1) is 16.7 Å². The van der Waals surface area contributed by atoms with Crippen LogP contribution in [0.5, 0.6) is 0 Å². The monoisotopic (exact) mass is 281 g/mol. The molecule has 2 heterocycles. The number of hydrogen-bond donors (Lipinski definition) is 1. The van der Waals surface area contributed by atoms with Gasteiger partial charge in [0.25, 0.3) is 0 Å². The van der Waals surface area contributed by atoms with Gasteiger partial charge in [0.1, 0.15) is 6.04 Å². The Morgan fingerprint density at radius 2 is 2.11 bits per heavy atom. The van der Waals surface area contributed by atoms with E-state index in [1.54, 1.807) is 23.2 Å². The number of nitrogens with one attached hydrogen (secondary N) is 1. The molecule has 5 nitrogen and oxygen atoms in total. The standard InChI is InChI=1S/C13H19N3O2S/c1-7-12(19-10(4)14-7)9(3)16-6-5-11(17)15-8(2)13(16)18/h8-9H,5-6H2,1-4H3,(H,15,17). The Hall–Kier alpha value is -1.43. The SMILES string of the molecule is Cc1nc(C)c(C(C)N2CCC(=O)NC(C)C2=O)s1. The van der Waals surface area contributed by atoms with Gasteiger partial charge in [-0.1, -0.05) is 0 Å². The van der Waals surface area contributed by atoms with Crippen molar-refractivity contribution in [1.82, 2.24) is 15.2 Å². The minimum Gasteiger partial charge on any atom is -0.345 e. The summed E-state index contributed by atoms with van der Waals surface area (Å²) >= 11 is 1.62. The molecule has 1 aliphatic heterocycles. The Morgan fingerprint density at radius 3 is 2.68 bits per heavy atom. The summed E-state index contributed by atoms with van der Waals surface area (Å²) in [5, 5.41) is 3.71. The van der Waals surface area contributed by atoms with Crippen LogP contribution in [-0.4, -0.2) is 34.3 Å². The lowest BCUT2D eigenvalue weighted by atomic mass is 10.1. The van der Waals surface area contributed by atoms with Crippen molar-refractivity contribution < 1.29 is 9.59 Å². The van der Waals surface area contributed by atoms with Crippen LogP contribution in [0.15, 0.2) is 0 Å². The molecule has 1 saturated heterocycles. The summed E-state index contributed by atoms with van der Waals surface area (Å²) < 4.78 is 0. The summed E-state index contributed by atoms with van der Waals surface area (Å²) in [5.74, 6) is -0.0865. The molecular weight excluding hydrogens is 262 g/mol. The van der Waals surface area contributed by atoms with E-state index >= 15 is 0 Å². The van der Waals surface area contributed by atoms with Crippen LogP contribution >= 0.6 is 11.3 Å². The molecule has 2 atom stereocenters. The van der Waals surface area contributed by atoms with Gasteiger partial charge in [-0.25, -0.2) is 4.98 Å². The molecule has 2 amide bonds. The molecule has 0 aliphatic carbocycles. The van der Waals surface area contributed by atoms with Gasteiger partial charge in [0.15, 0.2) is 0 Å². The predicted octanol–water partition coefficient (Wildman–Crippen LogP) is 1.56. The van der Waals surface area contributed by atoms with Crippen LogP contribution in [0.25, 0.3) is 0 Å². The molecule has 0 spiro atoms. The Labute approximate surface area is 117 Å². The van der Waals surface area contributed by atoms with Crippen molar-refractivity contribution in [2.75, 3.05) is 6.54 Å². The van der Waals surface area contributed by atoms with E-state index < -0.39 is 6.04 Å². The highest BCUT2D eigenvalue weighted by Gasteiger charge is 2.31. The smallest absolute Gasteiger partial charge is 0.245 e. The van der Waals surface area contributed by atoms with Crippen LogP contribution in [0.3, 0.4) is 0 Å². The first-order valence-electron chi connectivity index (χ1n) is 6.44. The topological polar surface area (TPSA) is 62.3 Å². The number of amides is 2. The van der Waals surface area contributed by atoms with Crippen LogP contribution in [0, 0.1) is 13.8 Å². The fourth-order valence-corrected chi connectivity index (χ4v) is 3.41. The highest BCUT2D eigenvalue weighted by molar-refractivity contribution is 7.11. The Kier molecular flexibility index (Phi) is 3.89. The molecule has 104 valence electrons. The first-order valence-corrected chi connectivity index (χ1v) is 7.25. The van der Waals surface area contributed by atoms with Crippen LogP contribution in [0.1, 0.15) is 41.9 Å². The Morgan fingerprint density at radius 1 is 1.42 bits per heavy atom. The van der Waals surface area contributed by atoms with Crippen molar-refractivity contribution in [2.24, 2.45) is 0 Å². The normalized spacial score (nSPS) is 22.1. The molecule has 1 aromatic heterocycles. The number of carbonyl (C=O) groups excluding carboxylic acids is 2. The molecule has 6 heteroatoms. The summed E-state index contributed by atoms with van der Waals surface area (Å²) in [7, 11) is 0. The maximum Gasteiger partial charge on any atom is 0.245 e. The highest BCUT2D eigenvalue weighted by Crippen LogP contribution is 2.30. The Bertz CT molecular complexity index is 512. The molecule has 0 bridgehead atoms. The van der Waals surface area contributed by atoms with Crippen molar-refractivity contribution in [3.8, 4) is 0 Å². The van der Waals surface area contributed by atoms with Gasteiger partial charge in [-0.2, -0.15) is 0 Å². The van der Waals surface area contributed by atoms with E-state index in [0.29, 0.717) is 13.0 Å². The molecule has 0 aromatic carbocycles. The zero-order chi connectivity index (χ0) is 14.2. The van der Waals surface area contributed by atoms with Gasteiger partial charge in [0, 0.05) is 17.8 Å². The fourth-order valence-electron chi connectivity index (χ4n) is 2.42. The quantitative estimate of drug-likeness (QED) is 0.895. The number of aromatic nitrogens is 1. The first-order chi connectivity index (χ1) is 8.90. The minimum absolute atomic E-state index is 0.0243. The summed E-state index contributed by atoms with van der Waals surface area (Å²) in [4.78, 5) is 31.1. The molecule has 2 rings (SSSR count). The predicted molar refractivity (Wildman–Crippen MR) is 73.9 cm³/mol. The number of thiazole rings is 1. The van der Waals surface area contributed by atoms with Gasteiger partial charge in [0.2, 0.25) is 11.8 Å². The van der Waals surface area contributed by atoms with E-state index in [-0.39, 0.29) is 17.9 Å². The molecule has 1 aliphatic rings. The van der Waals surface area contributed by atoms with Gasteiger partial charge in [-0.05, 0) is 27.7 Å². The minimum atomic E-state index is -0.452. The van der Waals surface area contributed by atoms with Gasteiger partial charge in [-0.15, -0.1) is 11.3 Å². The zero-order valence-electron chi connectivity index (χ0n) is 11.7. The molecule has 1 N–H and O–H groups in total. The summed E-state index contributed by atoms with van der Waals surface area (Å²) in [5.41, 5.74) is 0.971. The van der Waals surface area contributed by atoms with Crippen molar-refractivity contribution in [3.05, 3.63) is 15.6 Å². The maximum atomic E-state index is 12.3. The second kappa shape index (κ2) is 5.28. The Balaban J connectivity index is 2.26. The molecule has 0 radical (unpaired) electrons. The number of hydrogen-bond acceptors (Lipinski definition) is 4. The zero-order valence-corrected chi connectivity index (χ0v) is 12.5. The van der Waals surface area contributed by atoms with E-state index in [0.717, 1.165) is 15.6 Å². The number of nitrogens with zero attached hydrogens (tertiary/aromatic N) is 2. The number of carbonyl (C=O) groups is 2. The van der Waals surface area contributed by atoms with Crippen molar-refractivity contribution in [3.63, 3.8) is 0 Å². The third-order valence-corrected chi connectivity index (χ3v) is 4.64. The van der Waals surface area contributed by atoms with E-state index in [9.17, 15) is 9.59 Å². The third-order valence-electron chi connectivity index (χ3n) is 3.40. The van der Waals surface area contributed by atoms with Crippen LogP contribution in [0.4, 0.5) is 0 Å². The van der Waals surface area contributed by atoms with E-state index in [1.807, 2.05) is 20.8 Å². The summed E-state index contributed by atoms with van der Waals surface area (Å²) in [6.07, 6.45) is 0.358. The van der Waals surface area contributed by atoms with Gasteiger partial charge < -0.3 is 10.2 Å². The largest absolute Gasteiger partial charge is 0.345 e. The molecule has 19 heavy (non-hydrogen) atoms. The van der Waals surface area contributed by atoms with Gasteiger partial charge in [-0.3, -0.25) is 9.59 Å². The van der Waals surface area contributed by atoms with Crippen LogP contribution in [-0.2, 0) is 9.59 Å². The van der Waals surface area contributed by atoms with Crippen molar-refractivity contribution in [2.45, 2.75) is 46.2 Å². The summed E-state index contributed by atoms with van der Waals surface area (Å²) in [6.45, 7) is 8.12. The maximum absolute atomic E-state index is 12.3. The third kappa shape index (κ3) is 2.78. The summed E-state index contributed by atoms with van der Waals surface area (Å²) in [6, 6.07) is -0.486. The van der Waals surface area contributed by atoms with Crippen LogP contribution < -0.4 is 5.32 Å². The number of aryl methyl sites for hydroxylation is 2. The van der Waals surface area contributed by atoms with E-state index in [2.05, 4.69) is 10.3 Å². The van der Waals surface area contributed by atoms with Gasteiger partial charge >= 0.3 is 0 Å². The number of rotatable bonds is 2. The second-order valence-corrected chi connectivity index (χ2v) is 6.16. The van der Waals surface area contributed by atoms with Crippen molar-refractivity contribution >= 4 is 23.2 Å². The lowest BCUT2D eigenvalue weighted by Gasteiger charge is -2.28. The second-order valence-electron chi connectivity index (χ2n) is 4.93. The molecule has 1 fully saturated rings. The average molecular weight is 281 g/mol. The van der Waals surface area contributed by atoms with Crippen molar-refractivity contribution in [1.29, 1.82) is 0 Å². The lowest BCUT2D eigenvalue weighted by Crippen LogP contribution is -2.43. The van der Waals surface area contributed by atoms with E-state index in [1.165, 1.54) is 0 Å². The molecule has 0 saturated carbocycles.